The third-order valence-corrected chi connectivity index (χ3v) is 3.51. The Bertz CT molecular complexity index is 341. The summed E-state index contributed by atoms with van der Waals surface area (Å²) in [6.07, 6.45) is 6.96. The van der Waals surface area contributed by atoms with E-state index in [2.05, 4.69) is 24.4 Å². The summed E-state index contributed by atoms with van der Waals surface area (Å²) >= 11 is 0. The third-order valence-electron chi connectivity index (χ3n) is 3.51. The van der Waals surface area contributed by atoms with E-state index in [0.29, 0.717) is 0 Å². The van der Waals surface area contributed by atoms with Gasteiger partial charge in [0.25, 0.3) is 0 Å². The molecule has 0 saturated heterocycles. The molecule has 2 heteroatoms. The second-order valence-electron chi connectivity index (χ2n) is 4.98. The maximum atomic E-state index is 5.94. The van der Waals surface area contributed by atoms with Crippen molar-refractivity contribution in [2.45, 2.75) is 39.0 Å². The maximum Gasteiger partial charge on any atom is 0.0576 e. The Kier molecular flexibility index (Phi) is 3.70. The summed E-state index contributed by atoms with van der Waals surface area (Å²) in [6.45, 7) is 3.18. The first-order chi connectivity index (χ1) is 7.75. The molecule has 2 rings (SSSR count). The molecule has 0 heterocycles. The van der Waals surface area contributed by atoms with E-state index in [-0.39, 0.29) is 0 Å². The van der Waals surface area contributed by atoms with Crippen LogP contribution in [0.5, 0.6) is 0 Å². The topological polar surface area (TPSA) is 38.0 Å². The molecule has 1 saturated carbocycles. The first-order valence-electron chi connectivity index (χ1n) is 6.36. The highest BCUT2D eigenvalue weighted by molar-refractivity contribution is 5.66. The molecule has 0 spiro atoms. The number of benzene rings is 1. The number of hydrogen-bond donors (Lipinski definition) is 2. The molecule has 2 nitrogen and oxygen atoms in total. The highest BCUT2D eigenvalue weighted by Gasteiger charge is 2.13. The van der Waals surface area contributed by atoms with E-state index >= 15 is 0 Å². The Hall–Kier alpha value is -1.18. The molecule has 0 aromatic heterocycles. The van der Waals surface area contributed by atoms with Gasteiger partial charge in [0, 0.05) is 6.54 Å². The number of nitrogen functional groups attached to an aromatic ring is 1. The molecule has 1 fully saturated rings. The van der Waals surface area contributed by atoms with Gasteiger partial charge in [0.1, 0.15) is 0 Å². The SMILES string of the molecule is Cc1ccc(N)c(NCC2CCCCC2)c1. The molecule has 88 valence electrons. The van der Waals surface area contributed by atoms with Crippen molar-refractivity contribution < 1.29 is 0 Å². The van der Waals surface area contributed by atoms with Crippen molar-refractivity contribution in [2.24, 2.45) is 5.92 Å². The largest absolute Gasteiger partial charge is 0.397 e. The zero-order valence-corrected chi connectivity index (χ0v) is 10.1. The Labute approximate surface area is 98.2 Å². The minimum absolute atomic E-state index is 0.841. The van der Waals surface area contributed by atoms with Gasteiger partial charge in [-0.3, -0.25) is 0 Å². The molecular weight excluding hydrogens is 196 g/mol. The van der Waals surface area contributed by atoms with Crippen molar-refractivity contribution in [2.75, 3.05) is 17.6 Å². The summed E-state index contributed by atoms with van der Waals surface area (Å²) < 4.78 is 0. The Morgan fingerprint density at radius 3 is 2.75 bits per heavy atom. The summed E-state index contributed by atoms with van der Waals surface area (Å²) in [5.41, 5.74) is 9.17. The van der Waals surface area contributed by atoms with Gasteiger partial charge in [-0.15, -0.1) is 0 Å². The van der Waals surface area contributed by atoms with Crippen molar-refractivity contribution in [1.82, 2.24) is 0 Å². The fraction of sp³-hybridized carbons (Fsp3) is 0.571. The van der Waals surface area contributed by atoms with Gasteiger partial charge < -0.3 is 11.1 Å². The lowest BCUT2D eigenvalue weighted by molar-refractivity contribution is 0.373. The molecule has 0 bridgehead atoms. The molecule has 1 aromatic rings. The molecule has 1 aromatic carbocycles. The number of hydrogen-bond acceptors (Lipinski definition) is 2. The molecule has 0 atom stereocenters. The van der Waals surface area contributed by atoms with Crippen LogP contribution in [0.25, 0.3) is 0 Å². The van der Waals surface area contributed by atoms with Gasteiger partial charge in [-0.25, -0.2) is 0 Å². The van der Waals surface area contributed by atoms with Gasteiger partial charge in [0.15, 0.2) is 0 Å². The van der Waals surface area contributed by atoms with Crippen molar-refractivity contribution in [1.29, 1.82) is 0 Å². The highest BCUT2D eigenvalue weighted by Crippen LogP contribution is 2.25. The highest BCUT2D eigenvalue weighted by atomic mass is 14.9. The van der Waals surface area contributed by atoms with Gasteiger partial charge in [-0.1, -0.05) is 25.3 Å². The minimum Gasteiger partial charge on any atom is -0.397 e. The summed E-state index contributed by atoms with van der Waals surface area (Å²) in [6, 6.07) is 6.18. The average molecular weight is 218 g/mol. The Morgan fingerprint density at radius 1 is 1.25 bits per heavy atom. The van der Waals surface area contributed by atoms with Gasteiger partial charge in [-0.2, -0.15) is 0 Å². The summed E-state index contributed by atoms with van der Waals surface area (Å²) in [5.74, 6) is 0.841. The number of aryl methyl sites for hydroxylation is 1. The molecule has 3 N–H and O–H groups in total. The second kappa shape index (κ2) is 5.24. The fourth-order valence-corrected chi connectivity index (χ4v) is 2.47. The van der Waals surface area contributed by atoms with Crippen molar-refractivity contribution >= 4 is 11.4 Å². The van der Waals surface area contributed by atoms with Crippen LogP contribution in [0.2, 0.25) is 0 Å². The third kappa shape index (κ3) is 2.91. The van der Waals surface area contributed by atoms with E-state index in [4.69, 9.17) is 5.73 Å². The minimum atomic E-state index is 0.841. The van der Waals surface area contributed by atoms with Crippen LogP contribution in [0.4, 0.5) is 11.4 Å². The number of rotatable bonds is 3. The van der Waals surface area contributed by atoms with Crippen LogP contribution in [0.1, 0.15) is 37.7 Å². The number of nitrogens with two attached hydrogens (primary N) is 1. The van der Waals surface area contributed by atoms with Crippen LogP contribution < -0.4 is 11.1 Å². The van der Waals surface area contributed by atoms with E-state index in [9.17, 15) is 0 Å². The Balaban J connectivity index is 1.90. The lowest BCUT2D eigenvalue weighted by Crippen LogP contribution is -2.17. The van der Waals surface area contributed by atoms with E-state index < -0.39 is 0 Å². The molecule has 0 radical (unpaired) electrons. The fourth-order valence-electron chi connectivity index (χ4n) is 2.47. The van der Waals surface area contributed by atoms with E-state index in [1.807, 2.05) is 6.07 Å². The van der Waals surface area contributed by atoms with Crippen molar-refractivity contribution in [3.05, 3.63) is 23.8 Å². The van der Waals surface area contributed by atoms with Crippen LogP contribution in [0.3, 0.4) is 0 Å². The molecule has 0 unspecified atom stereocenters. The van der Waals surface area contributed by atoms with E-state index in [0.717, 1.165) is 23.8 Å². The number of anilines is 2. The molecule has 0 amide bonds. The number of nitrogens with one attached hydrogen (secondary N) is 1. The van der Waals surface area contributed by atoms with E-state index in [1.54, 1.807) is 0 Å². The zero-order chi connectivity index (χ0) is 11.4. The molecule has 0 aliphatic heterocycles. The van der Waals surface area contributed by atoms with Crippen LogP contribution in [-0.4, -0.2) is 6.54 Å². The molecule has 16 heavy (non-hydrogen) atoms. The zero-order valence-electron chi connectivity index (χ0n) is 10.1. The lowest BCUT2D eigenvalue weighted by Gasteiger charge is -2.22. The van der Waals surface area contributed by atoms with Gasteiger partial charge in [0.2, 0.25) is 0 Å². The van der Waals surface area contributed by atoms with Gasteiger partial charge in [0.05, 0.1) is 11.4 Å². The van der Waals surface area contributed by atoms with Crippen molar-refractivity contribution in [3.8, 4) is 0 Å². The van der Waals surface area contributed by atoms with Crippen LogP contribution >= 0.6 is 0 Å². The predicted octanol–water partition coefficient (Wildman–Crippen LogP) is 3.57. The van der Waals surface area contributed by atoms with Crippen molar-refractivity contribution in [3.63, 3.8) is 0 Å². The van der Waals surface area contributed by atoms with Crippen LogP contribution in [-0.2, 0) is 0 Å². The first-order valence-corrected chi connectivity index (χ1v) is 6.36. The molecular formula is C14H22N2. The average Bonchev–Trinajstić information content (AvgIpc) is 2.32. The smallest absolute Gasteiger partial charge is 0.0576 e. The lowest BCUT2D eigenvalue weighted by atomic mass is 9.89. The summed E-state index contributed by atoms with van der Waals surface area (Å²) in [5, 5.41) is 3.50. The predicted molar refractivity (Wildman–Crippen MR) is 70.7 cm³/mol. The summed E-state index contributed by atoms with van der Waals surface area (Å²) in [7, 11) is 0. The quantitative estimate of drug-likeness (QED) is 0.761. The standard InChI is InChI=1S/C14H22N2/c1-11-7-8-13(15)14(9-11)16-10-12-5-3-2-4-6-12/h7-9,12,16H,2-6,10,15H2,1H3. The molecule has 1 aliphatic rings. The first kappa shape index (κ1) is 11.3. The van der Waals surface area contributed by atoms with E-state index in [1.165, 1.54) is 37.7 Å². The van der Waals surface area contributed by atoms with Gasteiger partial charge >= 0.3 is 0 Å². The monoisotopic (exact) mass is 218 g/mol. The summed E-state index contributed by atoms with van der Waals surface area (Å²) in [4.78, 5) is 0. The van der Waals surface area contributed by atoms with Crippen LogP contribution in [0, 0.1) is 12.8 Å². The van der Waals surface area contributed by atoms with Gasteiger partial charge in [-0.05, 0) is 43.4 Å². The Morgan fingerprint density at radius 2 is 2.00 bits per heavy atom. The second-order valence-corrected chi connectivity index (χ2v) is 4.98. The maximum absolute atomic E-state index is 5.94. The molecule has 1 aliphatic carbocycles. The van der Waals surface area contributed by atoms with Crippen LogP contribution in [0.15, 0.2) is 18.2 Å². The normalized spacial score (nSPS) is 17.3.